The number of halogens is 3. The zero-order valence-electron chi connectivity index (χ0n) is 16.9. The molecule has 31 heavy (non-hydrogen) atoms. The van der Waals surface area contributed by atoms with Gasteiger partial charge in [0.15, 0.2) is 0 Å². The number of hydrogen-bond donors (Lipinski definition) is 0. The first kappa shape index (κ1) is 23.7. The average Bonchev–Trinajstić information content (AvgIpc) is 2.73. The lowest BCUT2D eigenvalue weighted by atomic mass is 10.2. The van der Waals surface area contributed by atoms with Crippen molar-refractivity contribution in [2.75, 3.05) is 31.6 Å². The molecule has 3 aromatic carbocycles. The van der Waals surface area contributed by atoms with Gasteiger partial charge in [-0.05, 0) is 56.6 Å². The number of anilines is 2. The highest BCUT2D eigenvalue weighted by Crippen LogP contribution is 2.39. The Morgan fingerprint density at radius 3 is 2.03 bits per heavy atom. The van der Waals surface area contributed by atoms with Crippen LogP contribution in [0.4, 0.5) is 11.4 Å². The Kier molecular flexibility index (Phi) is 7.73. The molecular formula is C22H21Cl3N2O3S. The van der Waals surface area contributed by atoms with E-state index >= 15 is 0 Å². The van der Waals surface area contributed by atoms with Crippen LogP contribution in [0.15, 0.2) is 71.6 Å². The van der Waals surface area contributed by atoms with Crippen LogP contribution < -0.4 is 9.04 Å². The van der Waals surface area contributed by atoms with Crippen LogP contribution in [0.3, 0.4) is 0 Å². The summed E-state index contributed by atoms with van der Waals surface area (Å²) in [6, 6.07) is 17.6. The number of rotatable bonds is 8. The first-order valence-corrected chi connectivity index (χ1v) is 11.9. The number of ether oxygens (including phenoxy) is 1. The van der Waals surface area contributed by atoms with Crippen LogP contribution in [0.25, 0.3) is 0 Å². The monoisotopic (exact) mass is 498 g/mol. The molecule has 3 rings (SSSR count). The molecule has 0 bridgehead atoms. The van der Waals surface area contributed by atoms with E-state index in [1.165, 1.54) is 22.5 Å². The van der Waals surface area contributed by atoms with Crippen molar-refractivity contribution in [1.82, 2.24) is 4.90 Å². The van der Waals surface area contributed by atoms with Gasteiger partial charge in [0, 0.05) is 12.6 Å². The molecule has 0 atom stereocenters. The molecule has 0 aliphatic heterocycles. The Morgan fingerprint density at radius 2 is 1.42 bits per heavy atom. The standard InChI is InChI=1S/C22H21Cl3N2O3S/c1-26(2)12-13-30-22-15-17(9-11-20(22)24)27(16-8-10-19(23)21(25)14-16)31(28,29)18-6-4-3-5-7-18/h3-11,14-15H,12-13H2,1-2H3. The topological polar surface area (TPSA) is 49.9 Å². The highest BCUT2D eigenvalue weighted by molar-refractivity contribution is 7.93. The number of benzene rings is 3. The Labute approximate surface area is 197 Å². The normalized spacial score (nSPS) is 11.5. The second kappa shape index (κ2) is 10.1. The second-order valence-corrected chi connectivity index (χ2v) is 9.96. The molecule has 0 radical (unpaired) electrons. The molecule has 0 aliphatic carbocycles. The van der Waals surface area contributed by atoms with Gasteiger partial charge in [-0.25, -0.2) is 12.7 Å². The van der Waals surface area contributed by atoms with Gasteiger partial charge in [0.2, 0.25) is 0 Å². The third-order valence-corrected chi connectivity index (χ3v) is 7.19. The summed E-state index contributed by atoms with van der Waals surface area (Å²) in [5, 5.41) is 0.948. The SMILES string of the molecule is CN(C)CCOc1cc(N(c2ccc(Cl)c(Cl)c2)S(=O)(=O)c2ccccc2)ccc1Cl. The number of hydrogen-bond acceptors (Lipinski definition) is 4. The molecule has 0 saturated carbocycles. The lowest BCUT2D eigenvalue weighted by molar-refractivity contribution is 0.261. The van der Waals surface area contributed by atoms with Crippen LogP contribution in [0.5, 0.6) is 5.75 Å². The number of sulfonamides is 1. The van der Waals surface area contributed by atoms with Crippen molar-refractivity contribution < 1.29 is 13.2 Å². The van der Waals surface area contributed by atoms with Gasteiger partial charge < -0.3 is 9.64 Å². The van der Waals surface area contributed by atoms with Gasteiger partial charge in [-0.1, -0.05) is 53.0 Å². The Morgan fingerprint density at radius 1 is 0.806 bits per heavy atom. The van der Waals surface area contributed by atoms with Crippen molar-refractivity contribution in [1.29, 1.82) is 0 Å². The predicted molar refractivity (Wildman–Crippen MR) is 128 cm³/mol. The first-order chi connectivity index (χ1) is 14.7. The van der Waals surface area contributed by atoms with Crippen LogP contribution >= 0.6 is 34.8 Å². The van der Waals surface area contributed by atoms with Crippen molar-refractivity contribution in [3.05, 3.63) is 81.8 Å². The van der Waals surface area contributed by atoms with Gasteiger partial charge in [0.1, 0.15) is 12.4 Å². The van der Waals surface area contributed by atoms with Gasteiger partial charge in [0.25, 0.3) is 10.0 Å². The van der Waals surface area contributed by atoms with Crippen molar-refractivity contribution in [3.63, 3.8) is 0 Å². The molecule has 0 saturated heterocycles. The van der Waals surface area contributed by atoms with Gasteiger partial charge in [0.05, 0.1) is 31.3 Å². The average molecular weight is 500 g/mol. The van der Waals surface area contributed by atoms with E-state index in [2.05, 4.69) is 0 Å². The zero-order chi connectivity index (χ0) is 22.6. The Hall–Kier alpha value is -1.96. The fourth-order valence-corrected chi connectivity index (χ4v) is 4.76. The van der Waals surface area contributed by atoms with E-state index in [-0.39, 0.29) is 9.92 Å². The summed E-state index contributed by atoms with van der Waals surface area (Å²) >= 11 is 18.5. The number of nitrogens with zero attached hydrogens (tertiary/aromatic N) is 2. The summed E-state index contributed by atoms with van der Waals surface area (Å²) in [5.41, 5.74) is 0.686. The predicted octanol–water partition coefficient (Wildman–Crippen LogP) is 6.11. The molecule has 3 aromatic rings. The lowest BCUT2D eigenvalue weighted by Crippen LogP contribution is -2.26. The summed E-state index contributed by atoms with van der Waals surface area (Å²) in [5.74, 6) is 0.384. The first-order valence-electron chi connectivity index (χ1n) is 9.32. The van der Waals surface area contributed by atoms with E-state index in [4.69, 9.17) is 39.5 Å². The van der Waals surface area contributed by atoms with Gasteiger partial charge in [-0.15, -0.1) is 0 Å². The van der Waals surface area contributed by atoms with Crippen LogP contribution in [-0.4, -0.2) is 40.6 Å². The molecule has 0 aromatic heterocycles. The van der Waals surface area contributed by atoms with E-state index < -0.39 is 10.0 Å². The fraction of sp³-hybridized carbons (Fsp3) is 0.182. The Balaban J connectivity index is 2.12. The molecule has 9 heteroatoms. The molecule has 5 nitrogen and oxygen atoms in total. The quantitative estimate of drug-likeness (QED) is 0.375. The van der Waals surface area contributed by atoms with Crippen molar-refractivity contribution in [2.24, 2.45) is 0 Å². The molecule has 0 aliphatic rings. The van der Waals surface area contributed by atoms with Gasteiger partial charge in [-0.3, -0.25) is 0 Å². The molecule has 0 unspecified atom stereocenters. The molecular weight excluding hydrogens is 479 g/mol. The molecule has 0 fully saturated rings. The summed E-state index contributed by atoms with van der Waals surface area (Å²) in [7, 11) is -0.115. The zero-order valence-corrected chi connectivity index (χ0v) is 20.0. The van der Waals surface area contributed by atoms with Crippen LogP contribution in [0.2, 0.25) is 15.1 Å². The minimum Gasteiger partial charge on any atom is -0.491 e. The van der Waals surface area contributed by atoms with Crippen molar-refractivity contribution in [3.8, 4) is 5.75 Å². The largest absolute Gasteiger partial charge is 0.491 e. The smallest absolute Gasteiger partial charge is 0.268 e. The summed E-state index contributed by atoms with van der Waals surface area (Å²) in [6.45, 7) is 1.08. The maximum Gasteiger partial charge on any atom is 0.268 e. The van der Waals surface area contributed by atoms with Crippen LogP contribution in [-0.2, 0) is 10.0 Å². The summed E-state index contributed by atoms with van der Waals surface area (Å²) in [6.07, 6.45) is 0. The maximum absolute atomic E-state index is 13.6. The number of likely N-dealkylation sites (N-methyl/N-ethyl adjacent to an activating group) is 1. The molecule has 0 amide bonds. The van der Waals surface area contributed by atoms with E-state index in [9.17, 15) is 8.42 Å². The van der Waals surface area contributed by atoms with Crippen molar-refractivity contribution in [2.45, 2.75) is 4.90 Å². The summed E-state index contributed by atoms with van der Waals surface area (Å²) in [4.78, 5) is 2.10. The van der Waals surface area contributed by atoms with E-state index in [0.717, 1.165) is 0 Å². The van der Waals surface area contributed by atoms with Crippen LogP contribution in [0.1, 0.15) is 0 Å². The minimum absolute atomic E-state index is 0.131. The van der Waals surface area contributed by atoms with E-state index in [0.29, 0.717) is 40.3 Å². The molecule has 0 spiro atoms. The molecule has 164 valence electrons. The van der Waals surface area contributed by atoms with Gasteiger partial charge in [-0.2, -0.15) is 0 Å². The highest BCUT2D eigenvalue weighted by Gasteiger charge is 2.28. The minimum atomic E-state index is -3.98. The van der Waals surface area contributed by atoms with Crippen molar-refractivity contribution >= 4 is 56.2 Å². The van der Waals surface area contributed by atoms with E-state index in [1.807, 2.05) is 19.0 Å². The lowest BCUT2D eigenvalue weighted by Gasteiger charge is -2.26. The molecule has 0 N–H and O–H groups in total. The second-order valence-electron chi connectivity index (χ2n) is 6.95. The Bertz CT molecular complexity index is 1160. The summed E-state index contributed by atoms with van der Waals surface area (Å²) < 4.78 is 34.2. The third-order valence-electron chi connectivity index (χ3n) is 4.36. The molecule has 0 heterocycles. The third kappa shape index (κ3) is 5.64. The van der Waals surface area contributed by atoms with E-state index in [1.54, 1.807) is 48.5 Å². The fourth-order valence-electron chi connectivity index (χ4n) is 2.80. The van der Waals surface area contributed by atoms with Gasteiger partial charge >= 0.3 is 0 Å². The van der Waals surface area contributed by atoms with Crippen LogP contribution in [0, 0.1) is 0 Å². The maximum atomic E-state index is 13.6. The highest BCUT2D eigenvalue weighted by atomic mass is 35.5.